The monoisotopic (exact) mass is 726 g/mol. The highest BCUT2D eigenvalue weighted by molar-refractivity contribution is 6.33. The highest BCUT2D eigenvalue weighted by atomic mass is 35.5. The van der Waals surface area contributed by atoms with E-state index in [1.807, 2.05) is 71.9 Å². The van der Waals surface area contributed by atoms with E-state index in [0.717, 1.165) is 11.8 Å². The van der Waals surface area contributed by atoms with Gasteiger partial charge in [-0.15, -0.1) is 0 Å². The van der Waals surface area contributed by atoms with Crippen LogP contribution >= 0.6 is 11.6 Å². The Labute approximate surface area is 303 Å². The number of aromatic nitrogens is 1. The summed E-state index contributed by atoms with van der Waals surface area (Å²) in [6.45, 7) is 10.5. The van der Waals surface area contributed by atoms with E-state index < -0.39 is 46.9 Å². The molecule has 13 heteroatoms. The second-order valence-electron chi connectivity index (χ2n) is 14.6. The van der Waals surface area contributed by atoms with Gasteiger partial charge in [0.1, 0.15) is 17.8 Å². The van der Waals surface area contributed by atoms with Gasteiger partial charge in [0, 0.05) is 46.9 Å². The zero-order valence-electron chi connectivity index (χ0n) is 30.0. The van der Waals surface area contributed by atoms with Crippen LogP contribution in [0.3, 0.4) is 0 Å². The predicted octanol–water partition coefficient (Wildman–Crippen LogP) is 7.22. The number of alkyl carbamates (subject to hydrolysis) is 1. The molecule has 1 unspecified atom stereocenters. The Morgan fingerprint density at radius 1 is 1.00 bits per heavy atom. The third kappa shape index (κ3) is 10.8. The van der Waals surface area contributed by atoms with Crippen LogP contribution in [0.2, 0.25) is 5.02 Å². The summed E-state index contributed by atoms with van der Waals surface area (Å²) in [6, 6.07) is 14.3. The minimum absolute atomic E-state index is 0.110. The lowest BCUT2D eigenvalue weighted by molar-refractivity contribution is 0.00940. The molecule has 1 saturated carbocycles. The molecule has 1 fully saturated rings. The molecule has 3 aromatic rings. The van der Waals surface area contributed by atoms with E-state index in [0.29, 0.717) is 31.2 Å². The topological polar surface area (TPSA) is 153 Å². The van der Waals surface area contributed by atoms with Crippen LogP contribution in [-0.2, 0) is 9.47 Å². The Kier molecular flexibility index (Phi) is 12.9. The van der Waals surface area contributed by atoms with E-state index in [2.05, 4.69) is 10.3 Å². The van der Waals surface area contributed by atoms with Crippen LogP contribution in [0, 0.1) is 5.82 Å². The summed E-state index contributed by atoms with van der Waals surface area (Å²) >= 11 is 6.68. The van der Waals surface area contributed by atoms with E-state index in [1.165, 1.54) is 0 Å². The molecule has 0 spiro atoms. The number of pyridine rings is 1. The molecule has 4 N–H and O–H groups in total. The molecular formula is C38H48ClFN4O7. The minimum atomic E-state index is -0.956. The second-order valence-corrected chi connectivity index (χ2v) is 15.0. The Morgan fingerprint density at radius 3 is 2.24 bits per heavy atom. The van der Waals surface area contributed by atoms with Gasteiger partial charge in [0.05, 0.1) is 12.2 Å². The van der Waals surface area contributed by atoms with Gasteiger partial charge in [0.15, 0.2) is 5.82 Å². The van der Waals surface area contributed by atoms with E-state index in [1.54, 1.807) is 23.1 Å². The molecule has 276 valence electrons. The molecule has 1 heterocycles. The highest BCUT2D eigenvalue weighted by Crippen LogP contribution is 2.39. The van der Waals surface area contributed by atoms with Gasteiger partial charge in [-0.25, -0.2) is 19.0 Å². The molecule has 0 bridgehead atoms. The zero-order valence-corrected chi connectivity index (χ0v) is 30.8. The lowest BCUT2D eigenvalue weighted by Gasteiger charge is -2.39. The smallest absolute Gasteiger partial charge is 0.410 e. The van der Waals surface area contributed by atoms with Crippen molar-refractivity contribution in [2.45, 2.75) is 96.4 Å². The van der Waals surface area contributed by atoms with Crippen molar-refractivity contribution >= 4 is 29.7 Å². The lowest BCUT2D eigenvalue weighted by atomic mass is 9.86. The fourth-order valence-corrected chi connectivity index (χ4v) is 6.31. The van der Waals surface area contributed by atoms with Crippen molar-refractivity contribution in [3.05, 3.63) is 82.3 Å². The highest BCUT2D eigenvalue weighted by Gasteiger charge is 2.35. The van der Waals surface area contributed by atoms with Crippen molar-refractivity contribution in [3.63, 3.8) is 0 Å². The van der Waals surface area contributed by atoms with Gasteiger partial charge in [-0.3, -0.25) is 4.79 Å². The fraction of sp³-hybridized carbons (Fsp3) is 0.474. The molecule has 4 rings (SSSR count). The van der Waals surface area contributed by atoms with Crippen molar-refractivity contribution in [2.24, 2.45) is 5.73 Å². The SMILES string of the molecule is CC(C)(C)OC(=O)NC1CCC(N(CC(c2ccccc2)c2ccc(Cl)c(-c3c(C(N)=O)cnc(OCCO)c3F)c2)C(=O)OC(C)(C)C)CC1. The number of amides is 3. The number of carbonyl (C=O) groups excluding carboxylic acids is 3. The number of hydrogen-bond donors (Lipinski definition) is 3. The summed E-state index contributed by atoms with van der Waals surface area (Å²) in [7, 11) is 0. The quantitative estimate of drug-likeness (QED) is 0.187. The van der Waals surface area contributed by atoms with Gasteiger partial charge < -0.3 is 35.3 Å². The first-order valence-electron chi connectivity index (χ1n) is 17.0. The molecule has 1 aromatic heterocycles. The molecule has 1 aliphatic carbocycles. The summed E-state index contributed by atoms with van der Waals surface area (Å²) in [6.07, 6.45) is 2.62. The van der Waals surface area contributed by atoms with Crippen LogP contribution in [-0.4, -0.2) is 76.1 Å². The van der Waals surface area contributed by atoms with Gasteiger partial charge in [0.25, 0.3) is 11.8 Å². The van der Waals surface area contributed by atoms with Crippen molar-refractivity contribution in [1.82, 2.24) is 15.2 Å². The second kappa shape index (κ2) is 16.7. The maximum absolute atomic E-state index is 16.0. The van der Waals surface area contributed by atoms with E-state index in [9.17, 15) is 19.5 Å². The first kappa shape index (κ1) is 39.4. The summed E-state index contributed by atoms with van der Waals surface area (Å²) in [5.74, 6) is -2.74. The normalized spacial score (nSPS) is 16.9. The average Bonchev–Trinajstić information content (AvgIpc) is 3.04. The maximum Gasteiger partial charge on any atom is 0.410 e. The van der Waals surface area contributed by atoms with Crippen LogP contribution in [0.25, 0.3) is 11.1 Å². The Morgan fingerprint density at radius 2 is 1.65 bits per heavy atom. The molecule has 51 heavy (non-hydrogen) atoms. The number of primary amides is 1. The summed E-state index contributed by atoms with van der Waals surface area (Å²) < 4.78 is 32.7. The number of carbonyl (C=O) groups is 3. The molecule has 0 radical (unpaired) electrons. The predicted molar refractivity (Wildman–Crippen MR) is 192 cm³/mol. The lowest BCUT2D eigenvalue weighted by Crippen LogP contribution is -2.49. The Hall–Kier alpha value is -4.42. The molecule has 11 nitrogen and oxygen atoms in total. The van der Waals surface area contributed by atoms with Gasteiger partial charge in [-0.05, 0) is 90.5 Å². The summed E-state index contributed by atoms with van der Waals surface area (Å²) in [4.78, 5) is 44.5. The van der Waals surface area contributed by atoms with Crippen LogP contribution < -0.4 is 15.8 Å². The molecule has 1 atom stereocenters. The van der Waals surface area contributed by atoms with Gasteiger partial charge >= 0.3 is 12.2 Å². The maximum atomic E-state index is 16.0. The number of nitrogens with zero attached hydrogens (tertiary/aromatic N) is 2. The van der Waals surface area contributed by atoms with Crippen LogP contribution in [0.4, 0.5) is 14.0 Å². The van der Waals surface area contributed by atoms with Crippen molar-refractivity contribution in [1.29, 1.82) is 0 Å². The van der Waals surface area contributed by atoms with Crippen LogP contribution in [0.15, 0.2) is 54.7 Å². The largest absolute Gasteiger partial charge is 0.473 e. The number of benzene rings is 2. The number of aliphatic hydroxyl groups excluding tert-OH is 1. The fourth-order valence-electron chi connectivity index (χ4n) is 6.10. The molecule has 1 aliphatic rings. The zero-order chi connectivity index (χ0) is 37.5. The first-order valence-corrected chi connectivity index (χ1v) is 17.4. The average molecular weight is 727 g/mol. The standard InChI is InChI=1S/C38H48ClFN4O7/c1-37(2,3)50-35(47)43-25-13-15-26(16-14-25)44(36(48)51-38(4,5)6)22-29(23-10-8-7-9-11-23)24-12-17-30(39)27(20-24)31-28(33(41)46)21-42-34(32(31)40)49-19-18-45/h7-12,17,20-21,25-26,29,45H,13-16,18-19,22H2,1-6H3,(H2,41,46)(H,43,47). The van der Waals surface area contributed by atoms with E-state index >= 15 is 4.39 Å². The van der Waals surface area contributed by atoms with Gasteiger partial charge in [0.2, 0.25) is 0 Å². The molecule has 0 saturated heterocycles. The Bertz CT molecular complexity index is 1690. The third-order valence-electron chi connectivity index (χ3n) is 8.31. The van der Waals surface area contributed by atoms with E-state index in [-0.39, 0.29) is 53.6 Å². The third-order valence-corrected chi connectivity index (χ3v) is 8.64. The number of nitrogens with two attached hydrogens (primary N) is 1. The van der Waals surface area contributed by atoms with Crippen LogP contribution in [0.5, 0.6) is 5.88 Å². The number of halogens is 2. The number of nitrogens with one attached hydrogen (secondary N) is 1. The molecular weight excluding hydrogens is 679 g/mol. The van der Waals surface area contributed by atoms with Gasteiger partial charge in [-0.1, -0.05) is 48.0 Å². The van der Waals surface area contributed by atoms with Crippen molar-refractivity contribution in [2.75, 3.05) is 19.8 Å². The summed E-state index contributed by atoms with van der Waals surface area (Å²) in [5, 5.41) is 12.3. The first-order chi connectivity index (χ1) is 24.0. The molecule has 2 aromatic carbocycles. The van der Waals surface area contributed by atoms with E-state index in [4.69, 9.17) is 31.5 Å². The number of rotatable bonds is 11. The summed E-state index contributed by atoms with van der Waals surface area (Å²) in [5.41, 5.74) is 5.60. The number of ether oxygens (including phenoxy) is 3. The minimum Gasteiger partial charge on any atom is -0.473 e. The molecule has 3 amide bonds. The van der Waals surface area contributed by atoms with Crippen molar-refractivity contribution < 1.29 is 38.1 Å². The van der Waals surface area contributed by atoms with Crippen LogP contribution in [0.1, 0.15) is 94.6 Å². The molecule has 0 aliphatic heterocycles. The van der Waals surface area contributed by atoms with Crippen molar-refractivity contribution in [3.8, 4) is 17.0 Å². The van der Waals surface area contributed by atoms with Gasteiger partial charge in [-0.2, -0.15) is 0 Å². The Balaban J connectivity index is 1.74. The number of aliphatic hydroxyl groups is 1. The number of hydrogen-bond acceptors (Lipinski definition) is 8.